The molecule has 6 heteroatoms. The Balaban J connectivity index is 2.16. The lowest BCUT2D eigenvalue weighted by Crippen LogP contribution is -2.56. The molecular weight excluding hydrogens is 239 g/mol. The Hall–Kier alpha value is -1.82. The molecule has 1 amide bonds. The maximum atomic E-state index is 13.2. The van der Waals surface area contributed by atoms with Crippen molar-refractivity contribution < 1.29 is 19.4 Å². The van der Waals surface area contributed by atoms with Gasteiger partial charge in [-0.15, -0.1) is 0 Å². The fourth-order valence-electron chi connectivity index (χ4n) is 2.18. The maximum absolute atomic E-state index is 13.2. The molecule has 98 valence electrons. The molecule has 0 unspecified atom stereocenters. The largest absolute Gasteiger partial charge is 0.465 e. The number of benzene rings is 1. The number of carboxylic acid groups (broad SMARTS) is 1. The van der Waals surface area contributed by atoms with Crippen LogP contribution < -0.4 is 4.90 Å². The second kappa shape index (κ2) is 5.22. The van der Waals surface area contributed by atoms with E-state index < -0.39 is 6.09 Å². The number of aliphatic hydroxyl groups is 1. The van der Waals surface area contributed by atoms with E-state index >= 15 is 0 Å². The van der Waals surface area contributed by atoms with Crippen LogP contribution in [-0.4, -0.2) is 53.5 Å². The summed E-state index contributed by atoms with van der Waals surface area (Å²) in [6, 6.07) is 5.76. The van der Waals surface area contributed by atoms with E-state index in [1.807, 2.05) is 4.90 Å². The van der Waals surface area contributed by atoms with E-state index in [0.29, 0.717) is 18.8 Å². The summed E-state index contributed by atoms with van der Waals surface area (Å²) in [6.07, 6.45) is -0.993. The monoisotopic (exact) mass is 254 g/mol. The van der Waals surface area contributed by atoms with Gasteiger partial charge in [-0.3, -0.25) is 0 Å². The molecule has 1 aliphatic heterocycles. The van der Waals surface area contributed by atoms with Gasteiger partial charge in [0.25, 0.3) is 0 Å². The molecule has 18 heavy (non-hydrogen) atoms. The Bertz CT molecular complexity index is 441. The molecule has 0 saturated carbocycles. The highest BCUT2D eigenvalue weighted by molar-refractivity contribution is 5.65. The van der Waals surface area contributed by atoms with E-state index in [-0.39, 0.29) is 25.0 Å². The van der Waals surface area contributed by atoms with Crippen LogP contribution in [-0.2, 0) is 0 Å². The minimum atomic E-state index is -0.993. The lowest BCUT2D eigenvalue weighted by Gasteiger charge is -2.40. The fraction of sp³-hybridized carbons (Fsp3) is 0.417. The van der Waals surface area contributed by atoms with Gasteiger partial charge in [-0.1, -0.05) is 6.07 Å². The van der Waals surface area contributed by atoms with Crippen LogP contribution in [0.2, 0.25) is 0 Å². The van der Waals surface area contributed by atoms with E-state index in [1.165, 1.54) is 17.0 Å². The van der Waals surface area contributed by atoms with Crippen LogP contribution in [0.15, 0.2) is 24.3 Å². The van der Waals surface area contributed by atoms with Crippen molar-refractivity contribution in [1.82, 2.24) is 4.90 Å². The summed E-state index contributed by atoms with van der Waals surface area (Å²) in [5, 5.41) is 18.3. The normalized spacial score (nSPS) is 20.0. The van der Waals surface area contributed by atoms with Crippen molar-refractivity contribution in [1.29, 1.82) is 0 Å². The molecule has 1 heterocycles. The molecule has 1 fully saturated rings. The summed E-state index contributed by atoms with van der Waals surface area (Å²) in [4.78, 5) is 14.0. The molecule has 1 aromatic carbocycles. The molecule has 0 aromatic heterocycles. The van der Waals surface area contributed by atoms with Gasteiger partial charge in [0, 0.05) is 25.3 Å². The highest BCUT2D eigenvalue weighted by atomic mass is 19.1. The molecular formula is C12H15FN2O3. The van der Waals surface area contributed by atoms with Gasteiger partial charge in [0.2, 0.25) is 0 Å². The van der Waals surface area contributed by atoms with Crippen molar-refractivity contribution >= 4 is 11.8 Å². The number of halogens is 1. The summed E-state index contributed by atoms with van der Waals surface area (Å²) < 4.78 is 13.2. The first kappa shape index (κ1) is 12.6. The third-order valence-corrected chi connectivity index (χ3v) is 3.10. The fourth-order valence-corrected chi connectivity index (χ4v) is 2.18. The quantitative estimate of drug-likeness (QED) is 0.826. The zero-order valence-corrected chi connectivity index (χ0v) is 9.79. The van der Waals surface area contributed by atoms with Crippen molar-refractivity contribution in [2.45, 2.75) is 6.04 Å². The first-order chi connectivity index (χ1) is 8.61. The van der Waals surface area contributed by atoms with E-state index in [0.717, 1.165) is 0 Å². The van der Waals surface area contributed by atoms with Gasteiger partial charge < -0.3 is 20.0 Å². The van der Waals surface area contributed by atoms with Crippen LogP contribution in [0, 0.1) is 5.82 Å². The Kier molecular flexibility index (Phi) is 3.66. The number of rotatable bonds is 2. The maximum Gasteiger partial charge on any atom is 0.407 e. The van der Waals surface area contributed by atoms with Crippen LogP contribution >= 0.6 is 0 Å². The Morgan fingerprint density at radius 1 is 1.44 bits per heavy atom. The lowest BCUT2D eigenvalue weighted by molar-refractivity contribution is 0.124. The molecule has 1 aromatic rings. The first-order valence-electron chi connectivity index (χ1n) is 5.72. The lowest BCUT2D eigenvalue weighted by atomic mass is 10.1. The Morgan fingerprint density at radius 3 is 2.83 bits per heavy atom. The standard InChI is InChI=1S/C12H15FN2O3/c13-9-2-1-3-10(6-9)15-5-4-14(12(17)18)7-11(15)8-16/h1-3,6,11,16H,4-5,7-8H2,(H,17,18)/t11-/m0/s1. The molecule has 2 rings (SSSR count). The number of aliphatic hydroxyl groups excluding tert-OH is 1. The molecule has 1 saturated heterocycles. The van der Waals surface area contributed by atoms with Crippen molar-refractivity contribution in [2.75, 3.05) is 31.1 Å². The van der Waals surface area contributed by atoms with Crippen LogP contribution in [0.25, 0.3) is 0 Å². The molecule has 0 radical (unpaired) electrons. The van der Waals surface area contributed by atoms with Crippen LogP contribution in [0.3, 0.4) is 0 Å². The van der Waals surface area contributed by atoms with E-state index in [2.05, 4.69) is 0 Å². The zero-order valence-electron chi connectivity index (χ0n) is 9.79. The van der Waals surface area contributed by atoms with E-state index in [9.17, 15) is 14.3 Å². The molecule has 2 N–H and O–H groups in total. The van der Waals surface area contributed by atoms with Crippen LogP contribution in [0.1, 0.15) is 0 Å². The summed E-state index contributed by atoms with van der Waals surface area (Å²) in [5.74, 6) is -0.343. The molecule has 0 aliphatic carbocycles. The number of carbonyl (C=O) groups is 1. The molecule has 0 bridgehead atoms. The van der Waals surface area contributed by atoms with Gasteiger partial charge in [-0.2, -0.15) is 0 Å². The average molecular weight is 254 g/mol. The van der Waals surface area contributed by atoms with Crippen molar-refractivity contribution in [3.8, 4) is 0 Å². The second-order valence-corrected chi connectivity index (χ2v) is 4.24. The smallest absolute Gasteiger partial charge is 0.407 e. The first-order valence-corrected chi connectivity index (χ1v) is 5.72. The second-order valence-electron chi connectivity index (χ2n) is 4.24. The summed E-state index contributed by atoms with van der Waals surface area (Å²) in [5.41, 5.74) is 0.666. The van der Waals surface area contributed by atoms with Gasteiger partial charge in [0.05, 0.1) is 12.6 Å². The number of nitrogens with zero attached hydrogens (tertiary/aromatic N) is 2. The van der Waals surface area contributed by atoms with E-state index in [4.69, 9.17) is 5.11 Å². The SMILES string of the molecule is O=C(O)N1CCN(c2cccc(F)c2)[C@H](CO)C1. The van der Waals surface area contributed by atoms with Gasteiger partial charge in [-0.05, 0) is 18.2 Å². The highest BCUT2D eigenvalue weighted by Gasteiger charge is 2.29. The number of amides is 1. The predicted octanol–water partition coefficient (Wildman–Crippen LogP) is 0.987. The third-order valence-electron chi connectivity index (χ3n) is 3.10. The number of hydrogen-bond acceptors (Lipinski definition) is 3. The van der Waals surface area contributed by atoms with Gasteiger partial charge in [-0.25, -0.2) is 9.18 Å². The van der Waals surface area contributed by atoms with Crippen molar-refractivity contribution in [2.24, 2.45) is 0 Å². The minimum Gasteiger partial charge on any atom is -0.465 e. The van der Waals surface area contributed by atoms with Gasteiger partial charge >= 0.3 is 6.09 Å². The van der Waals surface area contributed by atoms with Crippen LogP contribution in [0.5, 0.6) is 0 Å². The summed E-state index contributed by atoms with van der Waals surface area (Å²) in [6.45, 7) is 0.853. The summed E-state index contributed by atoms with van der Waals surface area (Å²) >= 11 is 0. The average Bonchev–Trinajstić information content (AvgIpc) is 2.37. The van der Waals surface area contributed by atoms with Crippen molar-refractivity contribution in [3.63, 3.8) is 0 Å². The Morgan fingerprint density at radius 2 is 2.22 bits per heavy atom. The van der Waals surface area contributed by atoms with Crippen LogP contribution in [0.4, 0.5) is 14.9 Å². The Labute approximate surface area is 104 Å². The minimum absolute atomic E-state index is 0.166. The van der Waals surface area contributed by atoms with Gasteiger partial charge in [0.15, 0.2) is 0 Å². The number of hydrogen-bond donors (Lipinski definition) is 2. The van der Waals surface area contributed by atoms with Crippen molar-refractivity contribution in [3.05, 3.63) is 30.1 Å². The van der Waals surface area contributed by atoms with Gasteiger partial charge in [0.1, 0.15) is 5.82 Å². The molecule has 0 spiro atoms. The molecule has 5 nitrogen and oxygen atoms in total. The van der Waals surface area contributed by atoms with E-state index in [1.54, 1.807) is 12.1 Å². The zero-order chi connectivity index (χ0) is 13.1. The molecule has 1 aliphatic rings. The highest BCUT2D eigenvalue weighted by Crippen LogP contribution is 2.21. The third kappa shape index (κ3) is 2.53. The predicted molar refractivity (Wildman–Crippen MR) is 64.2 cm³/mol. The molecule has 1 atom stereocenters. The number of piperazine rings is 1. The summed E-state index contributed by atoms with van der Waals surface area (Å²) in [7, 11) is 0. The topological polar surface area (TPSA) is 64.0 Å². The number of anilines is 1.